The van der Waals surface area contributed by atoms with Gasteiger partial charge in [0.05, 0.1) is 17.7 Å². The summed E-state index contributed by atoms with van der Waals surface area (Å²) in [5, 5.41) is 12.6. The van der Waals surface area contributed by atoms with Gasteiger partial charge in [0.1, 0.15) is 0 Å². The largest absolute Gasteiger partial charge is 0.300 e. The first-order chi connectivity index (χ1) is 11.4. The zero-order chi connectivity index (χ0) is 15.6. The molecule has 4 aromatic carbocycles. The van der Waals surface area contributed by atoms with Gasteiger partial charge in [0, 0.05) is 10.8 Å². The highest BCUT2D eigenvalue weighted by Gasteiger charge is 2.12. The fourth-order valence-corrected chi connectivity index (χ4v) is 3.11. The Morgan fingerprint density at radius 1 is 0.565 bits per heavy atom. The summed E-state index contributed by atoms with van der Waals surface area (Å²) in [6, 6.07) is 29.0. The third-order valence-corrected chi connectivity index (χ3v) is 4.18. The summed E-state index contributed by atoms with van der Waals surface area (Å²) in [6.45, 7) is 0. The van der Waals surface area contributed by atoms with Gasteiger partial charge in [-0.2, -0.15) is 0 Å². The zero-order valence-electron chi connectivity index (χ0n) is 12.6. The van der Waals surface area contributed by atoms with Crippen LogP contribution in [0.25, 0.3) is 21.5 Å². The van der Waals surface area contributed by atoms with Crippen molar-refractivity contribution >= 4 is 39.3 Å². The average Bonchev–Trinajstić information content (AvgIpc) is 2.63. The lowest BCUT2D eigenvalue weighted by molar-refractivity contribution is 1.37. The summed E-state index contributed by atoms with van der Waals surface area (Å²) >= 11 is 0. The van der Waals surface area contributed by atoms with E-state index >= 15 is 0 Å². The fraction of sp³-hybridized carbons (Fsp3) is 0. The minimum absolute atomic E-state index is 1.02. The van der Waals surface area contributed by atoms with Gasteiger partial charge in [0.15, 0.2) is 0 Å². The number of anilines is 2. The molecule has 2 heteroatoms. The molecule has 0 amide bonds. The Labute approximate surface area is 135 Å². The SMILES string of the molecule is N=CN(c1cccc2ccccc12)c1cccc2ccccc12. The molecule has 0 aliphatic rings. The van der Waals surface area contributed by atoms with E-state index in [1.807, 2.05) is 41.3 Å². The van der Waals surface area contributed by atoms with Crippen LogP contribution >= 0.6 is 0 Å². The van der Waals surface area contributed by atoms with Crippen LogP contribution in [0, 0.1) is 5.41 Å². The Kier molecular flexibility index (Phi) is 3.28. The van der Waals surface area contributed by atoms with Gasteiger partial charge < -0.3 is 4.90 Å². The molecule has 0 aliphatic heterocycles. The van der Waals surface area contributed by atoms with Gasteiger partial charge in [0.2, 0.25) is 0 Å². The summed E-state index contributed by atoms with van der Waals surface area (Å²) in [5.41, 5.74) is 2.05. The molecule has 1 N–H and O–H groups in total. The highest BCUT2D eigenvalue weighted by Crippen LogP contribution is 2.35. The van der Waals surface area contributed by atoms with Crippen LogP contribution in [0.3, 0.4) is 0 Å². The van der Waals surface area contributed by atoms with Crippen LogP contribution in [0.5, 0.6) is 0 Å². The minimum Gasteiger partial charge on any atom is -0.300 e. The van der Waals surface area contributed by atoms with E-state index in [2.05, 4.69) is 48.5 Å². The van der Waals surface area contributed by atoms with Crippen LogP contribution in [0.15, 0.2) is 84.9 Å². The Hall–Kier alpha value is -3.13. The number of rotatable bonds is 3. The van der Waals surface area contributed by atoms with Crippen LogP contribution in [0.4, 0.5) is 11.4 Å². The molecule has 0 aromatic heterocycles. The summed E-state index contributed by atoms with van der Waals surface area (Å²) in [6.07, 6.45) is 1.39. The number of benzene rings is 4. The number of hydrogen-bond acceptors (Lipinski definition) is 1. The maximum Gasteiger partial charge on any atom is 0.0908 e. The maximum atomic E-state index is 7.99. The molecule has 0 radical (unpaired) electrons. The van der Waals surface area contributed by atoms with Gasteiger partial charge in [-0.25, -0.2) is 0 Å². The Bertz CT molecular complexity index is 915. The van der Waals surface area contributed by atoms with Crippen LogP contribution in [0.2, 0.25) is 0 Å². The van der Waals surface area contributed by atoms with Gasteiger partial charge in [-0.05, 0) is 22.9 Å². The Balaban J connectivity index is 1.99. The van der Waals surface area contributed by atoms with E-state index in [0.717, 1.165) is 22.1 Å². The molecule has 2 nitrogen and oxygen atoms in total. The number of nitrogens with one attached hydrogen (secondary N) is 1. The lowest BCUT2D eigenvalue weighted by atomic mass is 10.1. The van der Waals surface area contributed by atoms with Gasteiger partial charge in [-0.15, -0.1) is 0 Å². The highest BCUT2D eigenvalue weighted by molar-refractivity contribution is 6.08. The van der Waals surface area contributed by atoms with Gasteiger partial charge >= 0.3 is 0 Å². The van der Waals surface area contributed by atoms with E-state index in [9.17, 15) is 0 Å². The lowest BCUT2D eigenvalue weighted by Gasteiger charge is -2.22. The van der Waals surface area contributed by atoms with E-state index in [1.54, 1.807) is 0 Å². The first-order valence-corrected chi connectivity index (χ1v) is 7.64. The van der Waals surface area contributed by atoms with Crippen LogP contribution in [-0.2, 0) is 0 Å². The maximum absolute atomic E-state index is 7.99. The third kappa shape index (κ3) is 2.25. The van der Waals surface area contributed by atoms with E-state index in [0.29, 0.717) is 0 Å². The molecule has 0 atom stereocenters. The van der Waals surface area contributed by atoms with E-state index < -0.39 is 0 Å². The molecule has 4 rings (SSSR count). The molecule has 0 heterocycles. The third-order valence-electron chi connectivity index (χ3n) is 4.18. The molecule has 110 valence electrons. The standard InChI is InChI=1S/C21H16N2/c22-15-23(20-13-5-9-16-7-1-3-11-18(16)20)21-14-6-10-17-8-2-4-12-19(17)21/h1-15,22H. The van der Waals surface area contributed by atoms with Crippen molar-refractivity contribution in [3.63, 3.8) is 0 Å². The molecule has 4 aromatic rings. The first-order valence-electron chi connectivity index (χ1n) is 7.64. The summed E-state index contributed by atoms with van der Waals surface area (Å²) in [5.74, 6) is 0. The second-order valence-electron chi connectivity index (χ2n) is 5.50. The van der Waals surface area contributed by atoms with E-state index in [-0.39, 0.29) is 0 Å². The number of nitrogens with zero attached hydrogens (tertiary/aromatic N) is 1. The highest BCUT2D eigenvalue weighted by atomic mass is 15.1. The molecule has 0 saturated carbocycles. The van der Waals surface area contributed by atoms with Crippen molar-refractivity contribution in [1.82, 2.24) is 0 Å². The minimum atomic E-state index is 1.02. The zero-order valence-corrected chi connectivity index (χ0v) is 12.6. The van der Waals surface area contributed by atoms with Crippen LogP contribution in [-0.4, -0.2) is 6.34 Å². The molecule has 0 saturated heterocycles. The molecule has 0 aliphatic carbocycles. The quantitative estimate of drug-likeness (QED) is 0.379. The topological polar surface area (TPSA) is 27.1 Å². The summed E-state index contributed by atoms with van der Waals surface area (Å²) in [7, 11) is 0. The van der Waals surface area contributed by atoms with Gasteiger partial charge in [-0.1, -0.05) is 72.8 Å². The average molecular weight is 296 g/mol. The first kappa shape index (κ1) is 13.5. The molecular weight excluding hydrogens is 280 g/mol. The summed E-state index contributed by atoms with van der Waals surface area (Å²) in [4.78, 5) is 1.95. The van der Waals surface area contributed by atoms with Crippen molar-refractivity contribution in [1.29, 1.82) is 5.41 Å². The predicted octanol–water partition coefficient (Wildman–Crippen LogP) is 5.74. The lowest BCUT2D eigenvalue weighted by Crippen LogP contribution is -2.14. The number of fused-ring (bicyclic) bond motifs is 2. The monoisotopic (exact) mass is 296 g/mol. The molecule has 23 heavy (non-hydrogen) atoms. The van der Waals surface area contributed by atoms with E-state index in [1.165, 1.54) is 17.1 Å². The molecule has 0 fully saturated rings. The van der Waals surface area contributed by atoms with Crippen LogP contribution < -0.4 is 4.90 Å². The fourth-order valence-electron chi connectivity index (χ4n) is 3.11. The molecule has 0 spiro atoms. The van der Waals surface area contributed by atoms with Crippen molar-refractivity contribution in [2.24, 2.45) is 0 Å². The van der Waals surface area contributed by atoms with Gasteiger partial charge in [0.25, 0.3) is 0 Å². The predicted molar refractivity (Wildman–Crippen MR) is 98.8 cm³/mol. The van der Waals surface area contributed by atoms with Crippen molar-refractivity contribution < 1.29 is 0 Å². The smallest absolute Gasteiger partial charge is 0.0908 e. The molecular formula is C21H16N2. The molecule has 0 unspecified atom stereocenters. The second kappa shape index (κ2) is 5.58. The van der Waals surface area contributed by atoms with Crippen LogP contribution in [0.1, 0.15) is 0 Å². The normalized spacial score (nSPS) is 10.8. The Morgan fingerprint density at radius 2 is 1.00 bits per heavy atom. The molecule has 0 bridgehead atoms. The van der Waals surface area contributed by atoms with Crippen molar-refractivity contribution in [3.05, 3.63) is 84.9 Å². The second-order valence-corrected chi connectivity index (χ2v) is 5.50. The number of hydrogen-bond donors (Lipinski definition) is 1. The van der Waals surface area contributed by atoms with E-state index in [4.69, 9.17) is 5.41 Å². The van der Waals surface area contributed by atoms with Gasteiger partial charge in [-0.3, -0.25) is 5.41 Å². The summed E-state index contributed by atoms with van der Waals surface area (Å²) < 4.78 is 0. The van der Waals surface area contributed by atoms with Crippen molar-refractivity contribution in [3.8, 4) is 0 Å². The van der Waals surface area contributed by atoms with Crippen molar-refractivity contribution in [2.45, 2.75) is 0 Å². The van der Waals surface area contributed by atoms with Crippen molar-refractivity contribution in [2.75, 3.05) is 4.90 Å². The Morgan fingerprint density at radius 3 is 1.48 bits per heavy atom.